The molecular formula is C13H17BrN2O. The van der Waals surface area contributed by atoms with Crippen molar-refractivity contribution in [2.75, 3.05) is 11.4 Å². The van der Waals surface area contributed by atoms with E-state index in [1.165, 1.54) is 0 Å². The standard InChI is InChI=1S/C13H17BrN2O/c1-10(2)16(7-3-6-15)13-5-4-12(14)8-11(13)9-17/h4-5,8,10,17H,3,7,9H2,1-2H3. The van der Waals surface area contributed by atoms with Crippen molar-refractivity contribution >= 4 is 21.6 Å². The van der Waals surface area contributed by atoms with E-state index in [1.807, 2.05) is 18.2 Å². The molecule has 4 heteroatoms. The van der Waals surface area contributed by atoms with Crippen molar-refractivity contribution in [2.24, 2.45) is 0 Å². The minimum Gasteiger partial charge on any atom is -0.392 e. The molecule has 0 amide bonds. The Labute approximate surface area is 111 Å². The van der Waals surface area contributed by atoms with Crippen LogP contribution in [0.4, 0.5) is 5.69 Å². The van der Waals surface area contributed by atoms with Crippen molar-refractivity contribution in [2.45, 2.75) is 32.9 Å². The van der Waals surface area contributed by atoms with Gasteiger partial charge in [0.15, 0.2) is 0 Å². The van der Waals surface area contributed by atoms with Gasteiger partial charge in [0.05, 0.1) is 19.1 Å². The second-order valence-electron chi connectivity index (χ2n) is 4.13. The molecule has 0 fully saturated rings. The third-order valence-corrected chi connectivity index (χ3v) is 3.10. The first kappa shape index (κ1) is 14.0. The molecule has 1 rings (SSSR count). The Hall–Kier alpha value is -1.05. The summed E-state index contributed by atoms with van der Waals surface area (Å²) < 4.78 is 0.953. The molecule has 0 bridgehead atoms. The molecule has 0 aliphatic heterocycles. The Balaban J connectivity index is 3.05. The van der Waals surface area contributed by atoms with Gasteiger partial charge in [-0.25, -0.2) is 0 Å². The Morgan fingerprint density at radius 1 is 1.47 bits per heavy atom. The van der Waals surface area contributed by atoms with Crippen LogP contribution in [0.15, 0.2) is 22.7 Å². The van der Waals surface area contributed by atoms with Crippen LogP contribution in [0, 0.1) is 11.3 Å². The van der Waals surface area contributed by atoms with Crippen molar-refractivity contribution in [1.82, 2.24) is 0 Å². The fourth-order valence-corrected chi connectivity index (χ4v) is 2.20. The summed E-state index contributed by atoms with van der Waals surface area (Å²) in [5.41, 5.74) is 1.88. The van der Waals surface area contributed by atoms with Crippen LogP contribution in [0.2, 0.25) is 0 Å². The second-order valence-corrected chi connectivity index (χ2v) is 5.04. The van der Waals surface area contributed by atoms with Crippen LogP contribution >= 0.6 is 15.9 Å². The van der Waals surface area contributed by atoms with Crippen molar-refractivity contribution in [3.63, 3.8) is 0 Å². The molecule has 3 nitrogen and oxygen atoms in total. The molecule has 0 radical (unpaired) electrons. The van der Waals surface area contributed by atoms with E-state index in [0.717, 1.165) is 15.7 Å². The first-order valence-electron chi connectivity index (χ1n) is 5.63. The Morgan fingerprint density at radius 2 is 2.18 bits per heavy atom. The van der Waals surface area contributed by atoms with Crippen LogP contribution in [0.25, 0.3) is 0 Å². The van der Waals surface area contributed by atoms with Gasteiger partial charge in [-0.15, -0.1) is 0 Å². The summed E-state index contributed by atoms with van der Waals surface area (Å²) >= 11 is 3.39. The number of aliphatic hydroxyl groups is 1. The third kappa shape index (κ3) is 3.72. The number of anilines is 1. The molecule has 1 N–H and O–H groups in total. The van der Waals surface area contributed by atoms with Crippen LogP contribution in [-0.4, -0.2) is 17.7 Å². The SMILES string of the molecule is CC(C)N(CCC#N)c1ccc(Br)cc1CO. The third-order valence-electron chi connectivity index (χ3n) is 2.61. The molecular weight excluding hydrogens is 280 g/mol. The minimum absolute atomic E-state index is 0.00451. The average Bonchev–Trinajstić information content (AvgIpc) is 2.30. The van der Waals surface area contributed by atoms with Gasteiger partial charge in [-0.1, -0.05) is 15.9 Å². The summed E-state index contributed by atoms with van der Waals surface area (Å²) in [5.74, 6) is 0. The molecule has 0 aliphatic rings. The van der Waals surface area contributed by atoms with E-state index in [4.69, 9.17) is 5.26 Å². The normalized spacial score (nSPS) is 10.4. The molecule has 0 aromatic heterocycles. The van der Waals surface area contributed by atoms with Gasteiger partial charge in [-0.05, 0) is 32.0 Å². The minimum atomic E-state index is 0.00451. The number of nitriles is 1. The predicted octanol–water partition coefficient (Wildman–Crippen LogP) is 3.07. The van der Waals surface area contributed by atoms with Gasteiger partial charge in [0, 0.05) is 28.3 Å². The highest BCUT2D eigenvalue weighted by Crippen LogP contribution is 2.26. The Bertz CT molecular complexity index is 412. The zero-order valence-corrected chi connectivity index (χ0v) is 11.7. The Kier molecular flexibility index (Phi) is 5.46. The van der Waals surface area contributed by atoms with Gasteiger partial charge in [0.25, 0.3) is 0 Å². The molecule has 1 aromatic carbocycles. The molecule has 17 heavy (non-hydrogen) atoms. The molecule has 0 atom stereocenters. The summed E-state index contributed by atoms with van der Waals surface area (Å²) in [7, 11) is 0. The molecule has 0 saturated heterocycles. The lowest BCUT2D eigenvalue weighted by Crippen LogP contribution is -2.32. The summed E-state index contributed by atoms with van der Waals surface area (Å²) in [5, 5.41) is 18.1. The monoisotopic (exact) mass is 296 g/mol. The predicted molar refractivity (Wildman–Crippen MR) is 72.8 cm³/mol. The van der Waals surface area contributed by atoms with Crippen LogP contribution in [0.3, 0.4) is 0 Å². The topological polar surface area (TPSA) is 47.3 Å². The van der Waals surface area contributed by atoms with Gasteiger partial charge in [0.1, 0.15) is 0 Å². The number of nitrogens with zero attached hydrogens (tertiary/aromatic N) is 2. The molecule has 92 valence electrons. The second kappa shape index (κ2) is 6.63. The van der Waals surface area contributed by atoms with Crippen LogP contribution in [-0.2, 0) is 6.61 Å². The van der Waals surface area contributed by atoms with Gasteiger partial charge in [0.2, 0.25) is 0 Å². The summed E-state index contributed by atoms with van der Waals surface area (Å²) in [6.45, 7) is 4.86. The highest BCUT2D eigenvalue weighted by Gasteiger charge is 2.14. The van der Waals surface area contributed by atoms with E-state index in [1.54, 1.807) is 0 Å². The van der Waals surface area contributed by atoms with Gasteiger partial charge in [-0.3, -0.25) is 0 Å². The molecule has 0 heterocycles. The largest absolute Gasteiger partial charge is 0.392 e. The summed E-state index contributed by atoms with van der Waals surface area (Å²) in [6, 6.07) is 8.31. The van der Waals surface area contributed by atoms with Crippen molar-refractivity contribution in [1.29, 1.82) is 5.26 Å². The maximum atomic E-state index is 9.39. The smallest absolute Gasteiger partial charge is 0.0702 e. The maximum Gasteiger partial charge on any atom is 0.0702 e. The van der Waals surface area contributed by atoms with Gasteiger partial charge < -0.3 is 10.0 Å². The zero-order chi connectivity index (χ0) is 12.8. The summed E-state index contributed by atoms with van der Waals surface area (Å²) in [6.07, 6.45) is 0.485. The van der Waals surface area contributed by atoms with E-state index >= 15 is 0 Å². The fourth-order valence-electron chi connectivity index (χ4n) is 1.79. The van der Waals surface area contributed by atoms with Crippen LogP contribution < -0.4 is 4.90 Å². The van der Waals surface area contributed by atoms with Crippen molar-refractivity contribution < 1.29 is 5.11 Å². The first-order chi connectivity index (χ1) is 8.10. The quantitative estimate of drug-likeness (QED) is 0.908. The van der Waals surface area contributed by atoms with Crippen LogP contribution in [0.5, 0.6) is 0 Å². The first-order valence-corrected chi connectivity index (χ1v) is 6.42. The van der Waals surface area contributed by atoms with E-state index in [0.29, 0.717) is 19.0 Å². The fraction of sp³-hybridized carbons (Fsp3) is 0.462. The number of hydrogen-bond acceptors (Lipinski definition) is 3. The van der Waals surface area contributed by atoms with E-state index in [9.17, 15) is 5.11 Å². The highest BCUT2D eigenvalue weighted by atomic mass is 79.9. The van der Waals surface area contributed by atoms with Crippen molar-refractivity contribution in [3.05, 3.63) is 28.2 Å². The molecule has 0 aliphatic carbocycles. The van der Waals surface area contributed by atoms with E-state index in [2.05, 4.69) is 40.7 Å². The lowest BCUT2D eigenvalue weighted by atomic mass is 10.1. The average molecular weight is 297 g/mol. The van der Waals surface area contributed by atoms with Gasteiger partial charge >= 0.3 is 0 Å². The van der Waals surface area contributed by atoms with Gasteiger partial charge in [-0.2, -0.15) is 5.26 Å². The highest BCUT2D eigenvalue weighted by molar-refractivity contribution is 9.10. The molecule has 0 spiro atoms. The van der Waals surface area contributed by atoms with Crippen LogP contribution in [0.1, 0.15) is 25.8 Å². The van der Waals surface area contributed by atoms with E-state index < -0.39 is 0 Å². The number of aliphatic hydroxyl groups excluding tert-OH is 1. The molecule has 0 saturated carbocycles. The molecule has 1 aromatic rings. The molecule has 0 unspecified atom stereocenters. The lowest BCUT2D eigenvalue weighted by Gasteiger charge is -2.30. The zero-order valence-electron chi connectivity index (χ0n) is 10.2. The number of benzene rings is 1. The number of hydrogen-bond donors (Lipinski definition) is 1. The van der Waals surface area contributed by atoms with E-state index in [-0.39, 0.29) is 6.61 Å². The van der Waals surface area contributed by atoms with Crippen molar-refractivity contribution in [3.8, 4) is 6.07 Å². The lowest BCUT2D eigenvalue weighted by molar-refractivity contribution is 0.282. The number of halogens is 1. The maximum absolute atomic E-state index is 9.39. The number of rotatable bonds is 5. The Morgan fingerprint density at radius 3 is 2.71 bits per heavy atom. The summed E-state index contributed by atoms with van der Waals surface area (Å²) in [4.78, 5) is 2.14.